The molecule has 4 aliphatic carbocycles. The number of fused-ring (bicyclic) bond motifs is 5. The van der Waals surface area contributed by atoms with Crippen LogP contribution in [0.3, 0.4) is 0 Å². The first-order valence-corrected chi connectivity index (χ1v) is 8.71. The topological polar surface area (TPSA) is 40.5 Å². The van der Waals surface area contributed by atoms with E-state index in [0.29, 0.717) is 17.3 Å². The number of hydrogen-bond donors (Lipinski definition) is 2. The molecule has 0 spiro atoms. The first-order valence-electron chi connectivity index (χ1n) is 8.71. The Balaban J connectivity index is 1.78. The third-order valence-electron chi connectivity index (χ3n) is 7.25. The van der Waals surface area contributed by atoms with Gasteiger partial charge < -0.3 is 10.2 Å². The van der Waals surface area contributed by atoms with Crippen molar-refractivity contribution in [1.29, 1.82) is 0 Å². The van der Waals surface area contributed by atoms with Gasteiger partial charge in [0.25, 0.3) is 0 Å². The molecule has 0 saturated heterocycles. The first-order chi connectivity index (χ1) is 9.94. The van der Waals surface area contributed by atoms with Crippen molar-refractivity contribution in [3.8, 4) is 0 Å². The number of hydrogen-bond acceptors (Lipinski definition) is 2. The van der Waals surface area contributed by atoms with Crippen molar-refractivity contribution >= 4 is 0 Å². The summed E-state index contributed by atoms with van der Waals surface area (Å²) in [5, 5.41) is 20.9. The predicted molar refractivity (Wildman–Crippen MR) is 83.7 cm³/mol. The minimum Gasteiger partial charge on any atom is -0.393 e. The minimum atomic E-state index is -0.209. The molecule has 0 aromatic heterocycles. The molecule has 0 heterocycles. The smallest absolute Gasteiger partial charge is 0.0619 e. The molecule has 0 aromatic carbocycles. The SMILES string of the molecule is C[C@@]12CCC[C@H]1C1=CC=C3C[C@@H](O)CC[C@@]3(C)[C@@H]1[C@@H](O)C2. The van der Waals surface area contributed by atoms with E-state index in [1.54, 1.807) is 0 Å². The van der Waals surface area contributed by atoms with Gasteiger partial charge in [-0.05, 0) is 55.3 Å². The second-order valence-corrected chi connectivity index (χ2v) is 8.52. The Labute approximate surface area is 127 Å². The normalized spacial score (nSPS) is 52.4. The van der Waals surface area contributed by atoms with Crippen molar-refractivity contribution in [3.05, 3.63) is 23.3 Å². The molecular weight excluding hydrogens is 260 g/mol. The van der Waals surface area contributed by atoms with Gasteiger partial charge in [0.1, 0.15) is 0 Å². The van der Waals surface area contributed by atoms with Crippen molar-refractivity contribution in [1.82, 2.24) is 0 Å². The predicted octanol–water partition coefficient (Wildman–Crippen LogP) is 3.59. The van der Waals surface area contributed by atoms with Crippen molar-refractivity contribution in [3.63, 3.8) is 0 Å². The third kappa shape index (κ3) is 1.85. The fourth-order valence-corrected chi connectivity index (χ4v) is 6.12. The molecule has 0 unspecified atom stereocenters. The summed E-state index contributed by atoms with van der Waals surface area (Å²) in [6, 6.07) is 0. The van der Waals surface area contributed by atoms with Crippen LogP contribution in [0.25, 0.3) is 0 Å². The van der Waals surface area contributed by atoms with Crippen LogP contribution >= 0.6 is 0 Å². The number of aliphatic hydroxyl groups excluding tert-OH is 2. The van der Waals surface area contributed by atoms with E-state index in [2.05, 4.69) is 26.0 Å². The lowest BCUT2D eigenvalue weighted by molar-refractivity contribution is -0.0352. The van der Waals surface area contributed by atoms with E-state index in [0.717, 1.165) is 25.7 Å². The summed E-state index contributed by atoms with van der Waals surface area (Å²) in [6.45, 7) is 4.72. The number of aliphatic hydroxyl groups is 2. The quantitative estimate of drug-likeness (QED) is 0.715. The summed E-state index contributed by atoms with van der Waals surface area (Å²) in [6.07, 6.45) is 11.7. The molecule has 0 amide bonds. The molecule has 0 radical (unpaired) electrons. The van der Waals surface area contributed by atoms with Crippen LogP contribution in [0, 0.1) is 22.7 Å². The van der Waals surface area contributed by atoms with Crippen LogP contribution in [0.5, 0.6) is 0 Å². The highest BCUT2D eigenvalue weighted by Gasteiger charge is 2.56. The lowest BCUT2D eigenvalue weighted by atomic mass is 9.50. The molecule has 6 atom stereocenters. The van der Waals surface area contributed by atoms with Crippen molar-refractivity contribution in [2.24, 2.45) is 22.7 Å². The van der Waals surface area contributed by atoms with Gasteiger partial charge >= 0.3 is 0 Å². The Morgan fingerprint density at radius 1 is 1.10 bits per heavy atom. The van der Waals surface area contributed by atoms with Crippen LogP contribution in [-0.4, -0.2) is 22.4 Å². The largest absolute Gasteiger partial charge is 0.393 e. The van der Waals surface area contributed by atoms with Gasteiger partial charge in [-0.3, -0.25) is 0 Å². The van der Waals surface area contributed by atoms with E-state index >= 15 is 0 Å². The Morgan fingerprint density at radius 3 is 2.71 bits per heavy atom. The van der Waals surface area contributed by atoms with E-state index < -0.39 is 0 Å². The van der Waals surface area contributed by atoms with Crippen LogP contribution in [-0.2, 0) is 0 Å². The van der Waals surface area contributed by atoms with Crippen LogP contribution < -0.4 is 0 Å². The Morgan fingerprint density at radius 2 is 1.90 bits per heavy atom. The monoisotopic (exact) mass is 288 g/mol. The van der Waals surface area contributed by atoms with E-state index in [1.165, 1.54) is 30.4 Å². The Bertz CT molecular complexity index is 520. The van der Waals surface area contributed by atoms with Crippen LogP contribution in [0.15, 0.2) is 23.3 Å². The molecule has 3 fully saturated rings. The van der Waals surface area contributed by atoms with Crippen LogP contribution in [0.4, 0.5) is 0 Å². The summed E-state index contributed by atoms with van der Waals surface area (Å²) in [5.74, 6) is 0.966. The zero-order valence-electron chi connectivity index (χ0n) is 13.3. The van der Waals surface area contributed by atoms with Crippen LogP contribution in [0.1, 0.15) is 58.8 Å². The maximum Gasteiger partial charge on any atom is 0.0619 e. The Kier molecular flexibility index (Phi) is 2.97. The standard InChI is InChI=1S/C19H28O2/c1-18-8-3-4-15(18)14-6-5-12-10-13(20)7-9-19(12,2)17(14)16(21)11-18/h5-6,13,15-17,20-21H,3-4,7-11H2,1-2H3/t13-,15-,16-,17-,18-,19+/m0/s1. The molecule has 2 heteroatoms. The zero-order chi connectivity index (χ0) is 14.8. The van der Waals surface area contributed by atoms with E-state index in [4.69, 9.17) is 0 Å². The highest BCUT2D eigenvalue weighted by atomic mass is 16.3. The molecule has 3 saturated carbocycles. The maximum atomic E-state index is 11.0. The van der Waals surface area contributed by atoms with Gasteiger partial charge in [-0.1, -0.05) is 43.6 Å². The minimum absolute atomic E-state index is 0.0760. The van der Waals surface area contributed by atoms with Gasteiger partial charge in [-0.2, -0.15) is 0 Å². The molecule has 116 valence electrons. The van der Waals surface area contributed by atoms with Gasteiger partial charge in [0.2, 0.25) is 0 Å². The zero-order valence-corrected chi connectivity index (χ0v) is 13.3. The third-order valence-corrected chi connectivity index (χ3v) is 7.25. The van der Waals surface area contributed by atoms with Crippen molar-refractivity contribution in [2.45, 2.75) is 71.0 Å². The molecule has 0 bridgehead atoms. The summed E-state index contributed by atoms with van der Waals surface area (Å²) in [4.78, 5) is 0. The van der Waals surface area contributed by atoms with E-state index in [1.807, 2.05) is 0 Å². The second-order valence-electron chi connectivity index (χ2n) is 8.52. The van der Waals surface area contributed by atoms with Crippen LogP contribution in [0.2, 0.25) is 0 Å². The van der Waals surface area contributed by atoms with Gasteiger partial charge in [0.05, 0.1) is 12.2 Å². The molecule has 4 aliphatic rings. The molecular formula is C19H28O2. The summed E-state index contributed by atoms with van der Waals surface area (Å²) < 4.78 is 0. The van der Waals surface area contributed by atoms with Gasteiger partial charge in [0.15, 0.2) is 0 Å². The van der Waals surface area contributed by atoms with E-state index in [-0.39, 0.29) is 17.6 Å². The van der Waals surface area contributed by atoms with Crippen molar-refractivity contribution < 1.29 is 10.2 Å². The van der Waals surface area contributed by atoms with Gasteiger partial charge in [-0.25, -0.2) is 0 Å². The first kappa shape index (κ1) is 14.0. The van der Waals surface area contributed by atoms with Gasteiger partial charge in [-0.15, -0.1) is 0 Å². The maximum absolute atomic E-state index is 11.0. The average molecular weight is 288 g/mol. The van der Waals surface area contributed by atoms with Crippen molar-refractivity contribution in [2.75, 3.05) is 0 Å². The highest BCUT2D eigenvalue weighted by Crippen LogP contribution is 2.63. The number of rotatable bonds is 0. The Hall–Kier alpha value is -0.600. The fourth-order valence-electron chi connectivity index (χ4n) is 6.12. The average Bonchev–Trinajstić information content (AvgIpc) is 2.80. The summed E-state index contributed by atoms with van der Waals surface area (Å²) in [7, 11) is 0. The molecule has 2 N–H and O–H groups in total. The van der Waals surface area contributed by atoms with E-state index in [9.17, 15) is 10.2 Å². The molecule has 0 aromatic rings. The molecule has 2 nitrogen and oxygen atoms in total. The second kappa shape index (κ2) is 4.45. The lowest BCUT2D eigenvalue weighted by Crippen LogP contribution is -2.51. The molecule has 21 heavy (non-hydrogen) atoms. The molecule has 0 aliphatic heterocycles. The summed E-state index contributed by atoms with van der Waals surface area (Å²) >= 11 is 0. The lowest BCUT2D eigenvalue weighted by Gasteiger charge is -2.55. The van der Waals surface area contributed by atoms with Gasteiger partial charge in [0, 0.05) is 5.92 Å². The summed E-state index contributed by atoms with van der Waals surface area (Å²) in [5.41, 5.74) is 3.29. The fraction of sp³-hybridized carbons (Fsp3) is 0.789. The highest BCUT2D eigenvalue weighted by molar-refractivity contribution is 5.39. The molecule has 4 rings (SSSR count). The number of allylic oxidation sites excluding steroid dienone is 2.